The monoisotopic (exact) mass is 387 g/mol. The first-order valence-electron chi connectivity index (χ1n) is 5.35. The molecule has 19 heavy (non-hydrogen) atoms. The topological polar surface area (TPSA) is 70.1 Å². The summed E-state index contributed by atoms with van der Waals surface area (Å²) in [6, 6.07) is 5.66. The van der Waals surface area contributed by atoms with E-state index in [1.54, 1.807) is 11.5 Å². The van der Waals surface area contributed by atoms with Crippen LogP contribution in [0.25, 0.3) is 5.69 Å². The van der Waals surface area contributed by atoms with Crippen molar-refractivity contribution in [2.45, 2.75) is 6.92 Å². The Balaban J connectivity index is 2.70. The molecule has 0 fully saturated rings. The maximum Gasteiger partial charge on any atom is 0.360 e. The number of hydrogen-bond donors (Lipinski definition) is 1. The Labute approximate surface area is 127 Å². The fraction of sp³-hybridized carbons (Fsp3) is 0.167. The van der Waals surface area contributed by atoms with Crippen molar-refractivity contribution in [1.82, 2.24) is 9.55 Å². The maximum absolute atomic E-state index is 11.6. The second-order valence-electron chi connectivity index (χ2n) is 3.79. The van der Waals surface area contributed by atoms with Gasteiger partial charge in [-0.05, 0) is 50.9 Å². The number of benzene rings is 1. The van der Waals surface area contributed by atoms with E-state index in [1.165, 1.54) is 7.11 Å². The lowest BCUT2D eigenvalue weighted by atomic mass is 10.3. The Kier molecular flexibility index (Phi) is 3.96. The van der Waals surface area contributed by atoms with Crippen LogP contribution in [0.3, 0.4) is 0 Å². The first-order valence-corrected chi connectivity index (χ1v) is 6.93. The molecule has 5 nitrogen and oxygen atoms in total. The van der Waals surface area contributed by atoms with Gasteiger partial charge in [0.05, 0.1) is 12.8 Å². The minimum absolute atomic E-state index is 0.114. The summed E-state index contributed by atoms with van der Waals surface area (Å²) in [6.45, 7) is 1.77. The van der Waals surface area contributed by atoms with Crippen molar-refractivity contribution in [3.8, 4) is 5.69 Å². The van der Waals surface area contributed by atoms with Gasteiger partial charge in [-0.25, -0.2) is 9.78 Å². The van der Waals surface area contributed by atoms with Crippen LogP contribution < -0.4 is 5.73 Å². The molecule has 0 atom stereocenters. The summed E-state index contributed by atoms with van der Waals surface area (Å²) in [6.07, 6.45) is 0. The summed E-state index contributed by atoms with van der Waals surface area (Å²) < 4.78 is 8.04. The van der Waals surface area contributed by atoms with Crippen molar-refractivity contribution in [2.24, 2.45) is 0 Å². The van der Waals surface area contributed by atoms with E-state index in [-0.39, 0.29) is 11.5 Å². The second kappa shape index (κ2) is 5.34. The third-order valence-corrected chi connectivity index (χ3v) is 3.90. The average molecular weight is 389 g/mol. The van der Waals surface area contributed by atoms with Gasteiger partial charge in [-0.3, -0.25) is 4.57 Å². The van der Waals surface area contributed by atoms with Crippen LogP contribution in [0.5, 0.6) is 0 Å². The number of ether oxygens (including phenoxy) is 1. The molecule has 0 aliphatic carbocycles. The number of aryl methyl sites for hydroxylation is 1. The van der Waals surface area contributed by atoms with Gasteiger partial charge < -0.3 is 10.5 Å². The molecule has 0 aliphatic heterocycles. The molecule has 0 unspecified atom stereocenters. The third kappa shape index (κ3) is 2.40. The highest BCUT2D eigenvalue weighted by molar-refractivity contribution is 9.11. The number of anilines is 1. The number of esters is 1. The van der Waals surface area contributed by atoms with E-state index < -0.39 is 5.97 Å². The Bertz CT molecular complexity index is 632. The first-order chi connectivity index (χ1) is 8.97. The number of imidazole rings is 1. The predicted octanol–water partition coefficient (Wildman–Crippen LogP) is 3.07. The Morgan fingerprint density at radius 2 is 1.95 bits per heavy atom. The van der Waals surface area contributed by atoms with Crippen molar-refractivity contribution in [2.75, 3.05) is 12.8 Å². The summed E-state index contributed by atoms with van der Waals surface area (Å²) in [5, 5.41) is 0. The van der Waals surface area contributed by atoms with Gasteiger partial charge in [0.15, 0.2) is 5.69 Å². The number of rotatable bonds is 2. The highest BCUT2D eigenvalue weighted by Gasteiger charge is 2.22. The summed E-state index contributed by atoms with van der Waals surface area (Å²) in [4.78, 5) is 15.8. The molecule has 2 rings (SSSR count). The number of hydrogen-bond acceptors (Lipinski definition) is 4. The zero-order valence-electron chi connectivity index (χ0n) is 10.3. The fourth-order valence-corrected chi connectivity index (χ4v) is 3.13. The van der Waals surface area contributed by atoms with Gasteiger partial charge in [0.25, 0.3) is 0 Å². The van der Waals surface area contributed by atoms with Crippen LogP contribution in [0.1, 0.15) is 16.3 Å². The molecule has 0 aliphatic rings. The fourth-order valence-electron chi connectivity index (χ4n) is 1.78. The van der Waals surface area contributed by atoms with Gasteiger partial charge in [-0.15, -0.1) is 0 Å². The van der Waals surface area contributed by atoms with Gasteiger partial charge >= 0.3 is 5.97 Å². The molecule has 0 amide bonds. The van der Waals surface area contributed by atoms with E-state index in [0.29, 0.717) is 5.82 Å². The van der Waals surface area contributed by atoms with E-state index in [0.717, 1.165) is 14.6 Å². The number of para-hydroxylation sites is 1. The number of methoxy groups -OCH3 is 1. The number of halogens is 2. The number of nitrogens with two attached hydrogens (primary N) is 1. The number of aromatic nitrogens is 2. The van der Waals surface area contributed by atoms with E-state index in [2.05, 4.69) is 41.6 Å². The van der Waals surface area contributed by atoms with Crippen molar-refractivity contribution in [1.29, 1.82) is 0 Å². The van der Waals surface area contributed by atoms with E-state index in [9.17, 15) is 4.79 Å². The zero-order valence-corrected chi connectivity index (χ0v) is 13.4. The zero-order chi connectivity index (χ0) is 14.2. The van der Waals surface area contributed by atoms with Crippen LogP contribution in [0.4, 0.5) is 5.82 Å². The number of carbonyl (C=O) groups excluding carboxylic acids is 1. The quantitative estimate of drug-likeness (QED) is 0.802. The summed E-state index contributed by atoms with van der Waals surface area (Å²) in [7, 11) is 1.30. The van der Waals surface area contributed by atoms with Crippen LogP contribution >= 0.6 is 31.9 Å². The molecule has 0 bridgehead atoms. The first kappa shape index (κ1) is 14.1. The molecule has 2 aromatic rings. The highest BCUT2D eigenvalue weighted by atomic mass is 79.9. The van der Waals surface area contributed by atoms with E-state index in [4.69, 9.17) is 5.73 Å². The Morgan fingerprint density at radius 3 is 2.47 bits per heavy atom. The molecule has 1 heterocycles. The van der Waals surface area contributed by atoms with Gasteiger partial charge in [-0.2, -0.15) is 0 Å². The molecule has 2 N–H and O–H groups in total. The van der Waals surface area contributed by atoms with Crippen LogP contribution in [0.15, 0.2) is 27.1 Å². The van der Waals surface area contributed by atoms with E-state index >= 15 is 0 Å². The minimum Gasteiger partial charge on any atom is -0.464 e. The summed E-state index contributed by atoms with van der Waals surface area (Å²) in [5.74, 6) is 0.296. The van der Waals surface area contributed by atoms with Crippen molar-refractivity contribution < 1.29 is 9.53 Å². The molecular formula is C12H11Br2N3O2. The van der Waals surface area contributed by atoms with Crippen molar-refractivity contribution >= 4 is 43.6 Å². The molecule has 100 valence electrons. The summed E-state index contributed by atoms with van der Waals surface area (Å²) in [5.41, 5.74) is 6.91. The largest absolute Gasteiger partial charge is 0.464 e. The van der Waals surface area contributed by atoms with Crippen molar-refractivity contribution in [3.05, 3.63) is 38.7 Å². The van der Waals surface area contributed by atoms with Gasteiger partial charge in [0.1, 0.15) is 11.6 Å². The maximum atomic E-state index is 11.6. The molecule has 0 radical (unpaired) electrons. The molecular weight excluding hydrogens is 378 g/mol. The second-order valence-corrected chi connectivity index (χ2v) is 5.50. The Morgan fingerprint density at radius 1 is 1.37 bits per heavy atom. The molecule has 1 aromatic carbocycles. The average Bonchev–Trinajstić information content (AvgIpc) is 2.65. The minimum atomic E-state index is -0.553. The van der Waals surface area contributed by atoms with Crippen molar-refractivity contribution in [3.63, 3.8) is 0 Å². The van der Waals surface area contributed by atoms with Gasteiger partial charge in [0, 0.05) is 8.95 Å². The number of nitrogen functional groups attached to an aromatic ring is 1. The van der Waals surface area contributed by atoms with Crippen LogP contribution in [0, 0.1) is 6.92 Å². The lowest BCUT2D eigenvalue weighted by Gasteiger charge is -2.12. The predicted molar refractivity (Wildman–Crippen MR) is 79.5 cm³/mol. The smallest absolute Gasteiger partial charge is 0.360 e. The Hall–Kier alpha value is -1.34. The normalized spacial score (nSPS) is 10.5. The van der Waals surface area contributed by atoms with E-state index in [1.807, 2.05) is 18.2 Å². The molecule has 1 aromatic heterocycles. The lowest BCUT2D eigenvalue weighted by Crippen LogP contribution is -2.08. The standard InChI is InChI=1S/C12H11Br2N3O2/c1-6-16-9(12(18)19-2)11(15)17(6)10-7(13)4-3-5-8(10)14/h3-5H,15H2,1-2H3. The SMILES string of the molecule is COC(=O)c1nc(C)n(-c2c(Br)cccc2Br)c1N. The molecule has 0 saturated heterocycles. The lowest BCUT2D eigenvalue weighted by molar-refractivity contribution is 0.0596. The highest BCUT2D eigenvalue weighted by Crippen LogP contribution is 2.32. The number of nitrogens with zero attached hydrogens (tertiary/aromatic N) is 2. The molecule has 0 saturated carbocycles. The molecule has 7 heteroatoms. The van der Waals surface area contributed by atoms with Gasteiger partial charge in [0.2, 0.25) is 0 Å². The van der Waals surface area contributed by atoms with Gasteiger partial charge in [-0.1, -0.05) is 6.07 Å². The van der Waals surface area contributed by atoms with Crippen LogP contribution in [-0.4, -0.2) is 22.6 Å². The summed E-state index contributed by atoms with van der Waals surface area (Å²) >= 11 is 6.93. The van der Waals surface area contributed by atoms with Crippen LogP contribution in [0.2, 0.25) is 0 Å². The molecule has 0 spiro atoms. The number of carbonyl (C=O) groups is 1. The van der Waals surface area contributed by atoms with Crippen LogP contribution in [-0.2, 0) is 4.74 Å². The third-order valence-electron chi connectivity index (χ3n) is 2.62.